The molecular formula is C16H28F2O2. The minimum Gasteiger partial charge on any atom is -0.462 e. The number of alkyl halides is 2. The minimum absolute atomic E-state index is 0.0151. The molecule has 3 atom stereocenters. The van der Waals surface area contributed by atoms with Crippen LogP contribution in [0.25, 0.3) is 0 Å². The zero-order valence-corrected chi connectivity index (χ0v) is 12.9. The maximum atomic E-state index is 12.0. The molecule has 0 aliphatic heterocycles. The lowest BCUT2D eigenvalue weighted by atomic mass is 9.75. The Morgan fingerprint density at radius 2 is 1.95 bits per heavy atom. The molecule has 1 fully saturated rings. The van der Waals surface area contributed by atoms with Crippen molar-refractivity contribution in [3.8, 4) is 0 Å². The molecule has 1 saturated carbocycles. The molecule has 2 nitrogen and oxygen atoms in total. The zero-order chi connectivity index (χ0) is 15.1. The highest BCUT2D eigenvalue weighted by Crippen LogP contribution is 2.35. The number of unbranched alkanes of at least 4 members (excludes halogenated alkanes) is 1. The SMILES string of the molecule is CC(C)[C@@H]1CC[C@@H](C)C[C@H]1OC(=O)CCCCC(F)F. The van der Waals surface area contributed by atoms with Crippen molar-refractivity contribution in [2.24, 2.45) is 17.8 Å². The Hall–Kier alpha value is -0.670. The first kappa shape index (κ1) is 17.4. The molecule has 0 N–H and O–H groups in total. The summed E-state index contributed by atoms with van der Waals surface area (Å²) in [7, 11) is 0. The summed E-state index contributed by atoms with van der Waals surface area (Å²) in [4.78, 5) is 11.8. The van der Waals surface area contributed by atoms with Crippen LogP contribution in [0.3, 0.4) is 0 Å². The largest absolute Gasteiger partial charge is 0.462 e. The summed E-state index contributed by atoms with van der Waals surface area (Å²) in [5.41, 5.74) is 0. The van der Waals surface area contributed by atoms with Crippen LogP contribution in [0, 0.1) is 17.8 Å². The molecule has 0 aromatic rings. The topological polar surface area (TPSA) is 26.3 Å². The molecule has 0 aromatic heterocycles. The standard InChI is InChI=1S/C16H28F2O2/c1-11(2)13-9-8-12(3)10-14(13)20-16(19)7-5-4-6-15(17)18/h11-15H,4-10H2,1-3H3/t12-,13+,14-/m1/s1. The van der Waals surface area contributed by atoms with Crippen LogP contribution < -0.4 is 0 Å². The summed E-state index contributed by atoms with van der Waals surface area (Å²) in [6, 6.07) is 0. The fourth-order valence-corrected chi connectivity index (χ4v) is 3.05. The van der Waals surface area contributed by atoms with Crippen molar-refractivity contribution < 1.29 is 18.3 Å². The van der Waals surface area contributed by atoms with Gasteiger partial charge in [0.1, 0.15) is 6.10 Å². The van der Waals surface area contributed by atoms with Gasteiger partial charge in [-0.3, -0.25) is 4.79 Å². The molecule has 0 heterocycles. The minimum atomic E-state index is -2.27. The van der Waals surface area contributed by atoms with E-state index < -0.39 is 6.43 Å². The zero-order valence-electron chi connectivity index (χ0n) is 12.9. The van der Waals surface area contributed by atoms with E-state index in [0.717, 1.165) is 12.8 Å². The third kappa shape index (κ3) is 6.19. The Kier molecular flexibility index (Phi) is 7.46. The van der Waals surface area contributed by atoms with E-state index in [9.17, 15) is 13.6 Å². The third-order valence-electron chi connectivity index (χ3n) is 4.30. The monoisotopic (exact) mass is 290 g/mol. The average Bonchev–Trinajstić information content (AvgIpc) is 2.34. The number of hydrogen-bond acceptors (Lipinski definition) is 2. The van der Waals surface area contributed by atoms with Crippen molar-refractivity contribution in [3.63, 3.8) is 0 Å². The van der Waals surface area contributed by atoms with E-state index in [1.807, 2.05) is 0 Å². The van der Waals surface area contributed by atoms with Crippen LogP contribution >= 0.6 is 0 Å². The number of carbonyl (C=O) groups is 1. The van der Waals surface area contributed by atoms with Crippen LogP contribution in [0.2, 0.25) is 0 Å². The van der Waals surface area contributed by atoms with Crippen molar-refractivity contribution in [2.45, 2.75) is 78.2 Å². The van der Waals surface area contributed by atoms with Gasteiger partial charge >= 0.3 is 5.97 Å². The Balaban J connectivity index is 2.33. The van der Waals surface area contributed by atoms with Crippen LogP contribution in [0.4, 0.5) is 8.78 Å². The average molecular weight is 290 g/mol. The van der Waals surface area contributed by atoms with Gasteiger partial charge in [-0.15, -0.1) is 0 Å². The second kappa shape index (κ2) is 8.58. The van der Waals surface area contributed by atoms with Gasteiger partial charge in [0.2, 0.25) is 6.43 Å². The molecule has 0 unspecified atom stereocenters. The first-order valence-electron chi connectivity index (χ1n) is 7.87. The molecule has 0 aromatic carbocycles. The van der Waals surface area contributed by atoms with Gasteiger partial charge in [-0.25, -0.2) is 8.78 Å². The van der Waals surface area contributed by atoms with Crippen LogP contribution in [-0.4, -0.2) is 18.5 Å². The molecule has 4 heteroatoms. The molecule has 20 heavy (non-hydrogen) atoms. The molecule has 1 aliphatic carbocycles. The Labute approximate surface area is 121 Å². The van der Waals surface area contributed by atoms with Gasteiger partial charge in [0.05, 0.1) is 0 Å². The quantitative estimate of drug-likeness (QED) is 0.496. The Morgan fingerprint density at radius 3 is 2.55 bits per heavy atom. The predicted octanol–water partition coefficient (Wildman–Crippen LogP) is 4.82. The van der Waals surface area contributed by atoms with Gasteiger partial charge < -0.3 is 4.74 Å². The van der Waals surface area contributed by atoms with E-state index in [-0.39, 0.29) is 24.9 Å². The summed E-state index contributed by atoms with van der Waals surface area (Å²) in [6.45, 7) is 6.54. The number of ether oxygens (including phenoxy) is 1. The predicted molar refractivity (Wildman–Crippen MR) is 75.7 cm³/mol. The summed E-state index contributed by atoms with van der Waals surface area (Å²) in [5, 5.41) is 0. The van der Waals surface area contributed by atoms with Gasteiger partial charge in [0, 0.05) is 12.8 Å². The molecule has 0 amide bonds. The van der Waals surface area contributed by atoms with Gasteiger partial charge in [0.25, 0.3) is 0 Å². The van der Waals surface area contributed by atoms with E-state index in [1.165, 1.54) is 6.42 Å². The molecular weight excluding hydrogens is 262 g/mol. The lowest BCUT2D eigenvalue weighted by molar-refractivity contribution is -0.156. The van der Waals surface area contributed by atoms with Crippen molar-refractivity contribution in [1.82, 2.24) is 0 Å². The second-order valence-corrected chi connectivity index (χ2v) is 6.49. The van der Waals surface area contributed by atoms with Gasteiger partial charge in [-0.2, -0.15) is 0 Å². The maximum absolute atomic E-state index is 12.0. The first-order valence-corrected chi connectivity index (χ1v) is 7.87. The highest BCUT2D eigenvalue weighted by Gasteiger charge is 2.33. The van der Waals surface area contributed by atoms with E-state index in [2.05, 4.69) is 20.8 Å². The summed E-state index contributed by atoms with van der Waals surface area (Å²) >= 11 is 0. The molecule has 0 saturated heterocycles. The Morgan fingerprint density at radius 1 is 1.25 bits per heavy atom. The van der Waals surface area contributed by atoms with Gasteiger partial charge in [-0.05, 0) is 43.4 Å². The van der Waals surface area contributed by atoms with Crippen molar-refractivity contribution in [2.75, 3.05) is 0 Å². The molecule has 1 rings (SSSR count). The van der Waals surface area contributed by atoms with Crippen LogP contribution in [-0.2, 0) is 9.53 Å². The summed E-state index contributed by atoms with van der Waals surface area (Å²) in [5.74, 6) is 1.33. The van der Waals surface area contributed by atoms with Crippen LogP contribution in [0.5, 0.6) is 0 Å². The van der Waals surface area contributed by atoms with Crippen molar-refractivity contribution in [3.05, 3.63) is 0 Å². The molecule has 0 bridgehead atoms. The number of esters is 1. The summed E-state index contributed by atoms with van der Waals surface area (Å²) < 4.78 is 29.6. The summed E-state index contributed by atoms with van der Waals surface area (Å²) in [6.07, 6.45) is 2.03. The normalized spacial score (nSPS) is 27.1. The molecule has 0 radical (unpaired) electrons. The van der Waals surface area contributed by atoms with Crippen molar-refractivity contribution >= 4 is 5.97 Å². The molecule has 118 valence electrons. The van der Waals surface area contributed by atoms with Crippen LogP contribution in [0.15, 0.2) is 0 Å². The fourth-order valence-electron chi connectivity index (χ4n) is 3.05. The van der Waals surface area contributed by atoms with Crippen molar-refractivity contribution in [1.29, 1.82) is 0 Å². The lowest BCUT2D eigenvalue weighted by Gasteiger charge is -2.36. The molecule has 0 spiro atoms. The smallest absolute Gasteiger partial charge is 0.306 e. The number of carbonyl (C=O) groups excluding carboxylic acids is 1. The van der Waals surface area contributed by atoms with Crippen LogP contribution in [0.1, 0.15) is 65.7 Å². The maximum Gasteiger partial charge on any atom is 0.306 e. The van der Waals surface area contributed by atoms with Gasteiger partial charge in [0.15, 0.2) is 0 Å². The highest BCUT2D eigenvalue weighted by atomic mass is 19.3. The molecule has 1 aliphatic rings. The Bertz CT molecular complexity index is 292. The van der Waals surface area contributed by atoms with Gasteiger partial charge in [-0.1, -0.05) is 27.2 Å². The third-order valence-corrected chi connectivity index (χ3v) is 4.30. The van der Waals surface area contributed by atoms with E-state index in [4.69, 9.17) is 4.74 Å². The van der Waals surface area contributed by atoms with E-state index in [0.29, 0.717) is 30.6 Å². The lowest BCUT2D eigenvalue weighted by Crippen LogP contribution is -2.35. The van der Waals surface area contributed by atoms with E-state index >= 15 is 0 Å². The van der Waals surface area contributed by atoms with E-state index in [1.54, 1.807) is 0 Å². The number of rotatable bonds is 7. The number of halogens is 2. The second-order valence-electron chi connectivity index (χ2n) is 6.49. The highest BCUT2D eigenvalue weighted by molar-refractivity contribution is 5.69. The number of hydrogen-bond donors (Lipinski definition) is 0. The fraction of sp³-hybridized carbons (Fsp3) is 0.938. The first-order chi connectivity index (χ1) is 9.40.